The number of fused-ring (bicyclic) bond motifs is 1. The van der Waals surface area contributed by atoms with E-state index in [1.54, 1.807) is 52.8 Å². The maximum Gasteiger partial charge on any atom is 0.408 e. The van der Waals surface area contributed by atoms with E-state index in [4.69, 9.17) is 14.2 Å². The van der Waals surface area contributed by atoms with Gasteiger partial charge in [-0.25, -0.2) is 9.59 Å². The summed E-state index contributed by atoms with van der Waals surface area (Å²) in [6, 6.07) is 6.58. The molecule has 1 aromatic rings. The van der Waals surface area contributed by atoms with Crippen molar-refractivity contribution in [3.05, 3.63) is 35.4 Å². The molecule has 2 amide bonds. The Bertz CT molecular complexity index is 970. The Hall–Kier alpha value is -3.10. The summed E-state index contributed by atoms with van der Waals surface area (Å²) in [5.74, 6) is -3.07. The summed E-state index contributed by atoms with van der Waals surface area (Å²) in [6.07, 6.45) is -0.715. The molecule has 0 bridgehead atoms. The first kappa shape index (κ1) is 25.5. The first-order chi connectivity index (χ1) is 15.9. The molecular weight excluding hydrogens is 440 g/mol. The SMILES string of the molecule is CCOC(=O)C1C2C(NC(=O)c3cccc(C)c3)CC(NC(=O)OC(C)(C)C)(C(=O)OCC)C12. The van der Waals surface area contributed by atoms with Gasteiger partial charge in [0, 0.05) is 23.9 Å². The summed E-state index contributed by atoms with van der Waals surface area (Å²) >= 11 is 0. The highest BCUT2D eigenvalue weighted by Gasteiger charge is 2.76. The summed E-state index contributed by atoms with van der Waals surface area (Å²) in [5, 5.41) is 5.68. The summed E-state index contributed by atoms with van der Waals surface area (Å²) in [6.45, 7) is 10.7. The summed E-state index contributed by atoms with van der Waals surface area (Å²) in [7, 11) is 0. The Morgan fingerprint density at radius 3 is 2.35 bits per heavy atom. The van der Waals surface area contributed by atoms with Crippen molar-refractivity contribution in [2.45, 2.75) is 65.1 Å². The summed E-state index contributed by atoms with van der Waals surface area (Å²) in [5.41, 5.74) is -0.912. The number of benzene rings is 1. The van der Waals surface area contributed by atoms with Crippen LogP contribution in [-0.2, 0) is 23.8 Å². The molecule has 2 fully saturated rings. The number of nitrogens with one attached hydrogen (secondary N) is 2. The van der Waals surface area contributed by atoms with Crippen molar-refractivity contribution >= 4 is 23.9 Å². The molecule has 2 N–H and O–H groups in total. The van der Waals surface area contributed by atoms with E-state index in [1.165, 1.54) is 0 Å². The van der Waals surface area contributed by atoms with Gasteiger partial charge in [0.2, 0.25) is 0 Å². The molecule has 0 aliphatic heterocycles. The Morgan fingerprint density at radius 2 is 1.76 bits per heavy atom. The Morgan fingerprint density at radius 1 is 1.09 bits per heavy atom. The molecule has 9 heteroatoms. The van der Waals surface area contributed by atoms with Crippen molar-refractivity contribution in [1.82, 2.24) is 10.6 Å². The Labute approximate surface area is 199 Å². The molecule has 5 atom stereocenters. The number of alkyl carbamates (subject to hydrolysis) is 1. The predicted molar refractivity (Wildman–Crippen MR) is 123 cm³/mol. The second-order valence-corrected chi connectivity index (χ2v) is 9.85. The molecule has 34 heavy (non-hydrogen) atoms. The number of carbonyl (C=O) groups is 4. The van der Waals surface area contributed by atoms with Gasteiger partial charge in [0.25, 0.3) is 5.91 Å². The predicted octanol–water partition coefficient (Wildman–Crippen LogP) is 2.75. The molecule has 2 saturated carbocycles. The average molecular weight is 475 g/mol. The van der Waals surface area contributed by atoms with Gasteiger partial charge in [-0.2, -0.15) is 0 Å². The van der Waals surface area contributed by atoms with Crippen molar-refractivity contribution in [3.63, 3.8) is 0 Å². The number of aryl methyl sites for hydroxylation is 1. The normalized spacial score (nSPS) is 27.2. The Balaban J connectivity index is 1.93. The Kier molecular flexibility index (Phi) is 7.24. The van der Waals surface area contributed by atoms with E-state index in [2.05, 4.69) is 10.6 Å². The van der Waals surface area contributed by atoms with E-state index in [-0.39, 0.29) is 31.5 Å². The van der Waals surface area contributed by atoms with Crippen LogP contribution in [0.25, 0.3) is 0 Å². The van der Waals surface area contributed by atoms with Crippen LogP contribution in [0.3, 0.4) is 0 Å². The maximum absolute atomic E-state index is 13.2. The first-order valence-corrected chi connectivity index (χ1v) is 11.7. The summed E-state index contributed by atoms with van der Waals surface area (Å²) < 4.78 is 16.0. The van der Waals surface area contributed by atoms with E-state index in [0.29, 0.717) is 5.56 Å². The van der Waals surface area contributed by atoms with Gasteiger partial charge in [0.05, 0.1) is 19.1 Å². The van der Waals surface area contributed by atoms with Gasteiger partial charge in [-0.15, -0.1) is 0 Å². The first-order valence-electron chi connectivity index (χ1n) is 11.7. The fraction of sp³-hybridized carbons (Fsp3) is 0.600. The van der Waals surface area contributed by atoms with Crippen molar-refractivity contribution in [1.29, 1.82) is 0 Å². The lowest BCUT2D eigenvalue weighted by Crippen LogP contribution is -2.59. The van der Waals surface area contributed by atoms with Crippen molar-refractivity contribution in [2.75, 3.05) is 13.2 Å². The van der Waals surface area contributed by atoms with Gasteiger partial charge in [-0.1, -0.05) is 17.7 Å². The van der Waals surface area contributed by atoms with E-state index in [1.807, 2.05) is 13.0 Å². The third-order valence-electron chi connectivity index (χ3n) is 6.17. The molecule has 0 spiro atoms. The highest BCUT2D eigenvalue weighted by atomic mass is 16.6. The molecule has 0 saturated heterocycles. The van der Waals surface area contributed by atoms with Crippen LogP contribution in [0.15, 0.2) is 24.3 Å². The molecule has 5 unspecified atom stereocenters. The second kappa shape index (κ2) is 9.64. The minimum Gasteiger partial charge on any atom is -0.466 e. The van der Waals surface area contributed by atoms with E-state index >= 15 is 0 Å². The van der Waals surface area contributed by atoms with Crippen molar-refractivity contribution < 1.29 is 33.4 Å². The fourth-order valence-corrected chi connectivity index (χ4v) is 4.97. The largest absolute Gasteiger partial charge is 0.466 e. The number of rotatable bonds is 7. The number of ether oxygens (including phenoxy) is 3. The van der Waals surface area contributed by atoms with E-state index < -0.39 is 47.0 Å². The minimum atomic E-state index is -1.52. The smallest absolute Gasteiger partial charge is 0.408 e. The number of carbonyl (C=O) groups excluding carboxylic acids is 4. The van der Waals surface area contributed by atoms with Crippen LogP contribution in [0.5, 0.6) is 0 Å². The van der Waals surface area contributed by atoms with Gasteiger partial charge in [0.15, 0.2) is 0 Å². The molecule has 0 radical (unpaired) electrons. The number of hydrogen-bond donors (Lipinski definition) is 2. The third-order valence-corrected chi connectivity index (χ3v) is 6.17. The van der Waals surface area contributed by atoms with Crippen LogP contribution in [-0.4, -0.2) is 54.3 Å². The van der Waals surface area contributed by atoms with Gasteiger partial charge in [0.1, 0.15) is 11.1 Å². The quantitative estimate of drug-likeness (QED) is 0.461. The highest BCUT2D eigenvalue weighted by Crippen LogP contribution is 2.63. The summed E-state index contributed by atoms with van der Waals surface area (Å²) in [4.78, 5) is 51.7. The van der Waals surface area contributed by atoms with Crippen LogP contribution >= 0.6 is 0 Å². The monoisotopic (exact) mass is 474 g/mol. The zero-order valence-electron chi connectivity index (χ0n) is 20.6. The molecule has 3 rings (SSSR count). The number of hydrogen-bond acceptors (Lipinski definition) is 7. The molecule has 1 aromatic carbocycles. The van der Waals surface area contributed by atoms with Crippen LogP contribution < -0.4 is 10.6 Å². The number of amides is 2. The van der Waals surface area contributed by atoms with Crippen molar-refractivity contribution in [3.8, 4) is 0 Å². The van der Waals surface area contributed by atoms with Crippen molar-refractivity contribution in [2.24, 2.45) is 17.8 Å². The van der Waals surface area contributed by atoms with Gasteiger partial charge in [-0.3, -0.25) is 9.59 Å². The molecule has 2 aliphatic rings. The topological polar surface area (TPSA) is 120 Å². The van der Waals surface area contributed by atoms with Crippen LogP contribution in [0, 0.1) is 24.7 Å². The van der Waals surface area contributed by atoms with E-state index in [9.17, 15) is 19.2 Å². The second-order valence-electron chi connectivity index (χ2n) is 9.85. The molecular formula is C25H34N2O7. The van der Waals surface area contributed by atoms with Gasteiger partial charge < -0.3 is 24.8 Å². The zero-order valence-corrected chi connectivity index (χ0v) is 20.6. The maximum atomic E-state index is 13.2. The lowest BCUT2D eigenvalue weighted by atomic mass is 9.88. The van der Waals surface area contributed by atoms with E-state index in [0.717, 1.165) is 5.56 Å². The zero-order chi connectivity index (χ0) is 25.3. The van der Waals surface area contributed by atoms with Crippen LogP contribution in [0.4, 0.5) is 4.79 Å². The molecule has 2 aliphatic carbocycles. The third kappa shape index (κ3) is 5.18. The minimum absolute atomic E-state index is 0.0773. The molecule has 0 aromatic heterocycles. The fourth-order valence-electron chi connectivity index (χ4n) is 4.97. The standard InChI is InChI=1S/C25H34N2O7/c1-7-32-21(29)18-17-16(26-20(28)15-11-9-10-14(3)12-15)13-25(19(17)18,22(30)33-8-2)27-23(31)34-24(4,5)6/h9-12,16-19H,7-8,13H2,1-6H3,(H,26,28)(H,27,31). The highest BCUT2D eigenvalue weighted by molar-refractivity contribution is 5.96. The lowest BCUT2D eigenvalue weighted by Gasteiger charge is -2.33. The molecule has 186 valence electrons. The molecule has 0 heterocycles. The number of esters is 2. The van der Waals surface area contributed by atoms with Gasteiger partial charge >= 0.3 is 18.0 Å². The average Bonchev–Trinajstić information content (AvgIpc) is 3.40. The van der Waals surface area contributed by atoms with Crippen LogP contribution in [0.2, 0.25) is 0 Å². The lowest BCUT2D eigenvalue weighted by molar-refractivity contribution is -0.153. The van der Waals surface area contributed by atoms with Crippen LogP contribution in [0.1, 0.15) is 57.0 Å². The van der Waals surface area contributed by atoms with Gasteiger partial charge in [-0.05, 0) is 59.6 Å². The molecule has 9 nitrogen and oxygen atoms in total.